The first-order valence-corrected chi connectivity index (χ1v) is 8.28. The van der Waals surface area contributed by atoms with Gasteiger partial charge in [-0.05, 0) is 43.2 Å². The van der Waals surface area contributed by atoms with E-state index in [4.69, 9.17) is 21.1 Å². The molecule has 1 amide bonds. The molecule has 1 N–H and O–H groups in total. The number of anilines is 1. The predicted octanol–water partition coefficient (Wildman–Crippen LogP) is 4.85. The molecule has 128 valence electrons. The van der Waals surface area contributed by atoms with Gasteiger partial charge in [-0.15, -0.1) is 0 Å². The Kier molecular flexibility index (Phi) is 7.09. The van der Waals surface area contributed by atoms with Gasteiger partial charge >= 0.3 is 0 Å². The largest absolute Gasteiger partial charge is 0.492 e. The van der Waals surface area contributed by atoms with Crippen LogP contribution in [0.1, 0.15) is 31.4 Å². The van der Waals surface area contributed by atoms with Crippen molar-refractivity contribution in [2.45, 2.75) is 25.9 Å². The number of nitrogens with one attached hydrogen (secondary N) is 1. The first-order chi connectivity index (χ1) is 11.6. The van der Waals surface area contributed by atoms with Crippen LogP contribution in [0, 0.1) is 0 Å². The number of hydrogen-bond acceptors (Lipinski definition) is 3. The third kappa shape index (κ3) is 5.55. The summed E-state index contributed by atoms with van der Waals surface area (Å²) in [6, 6.07) is 15.0. The second kappa shape index (κ2) is 9.30. The van der Waals surface area contributed by atoms with Gasteiger partial charge in [0.25, 0.3) is 0 Å². The van der Waals surface area contributed by atoms with E-state index >= 15 is 0 Å². The summed E-state index contributed by atoms with van der Waals surface area (Å²) in [5.74, 6) is 0.598. The summed E-state index contributed by atoms with van der Waals surface area (Å²) >= 11 is 6.01. The van der Waals surface area contributed by atoms with Gasteiger partial charge in [0, 0.05) is 19.2 Å². The average molecular weight is 348 g/mol. The van der Waals surface area contributed by atoms with Crippen LogP contribution in [-0.4, -0.2) is 19.6 Å². The molecule has 0 radical (unpaired) electrons. The van der Waals surface area contributed by atoms with Gasteiger partial charge in [-0.3, -0.25) is 4.79 Å². The minimum Gasteiger partial charge on any atom is -0.492 e. The lowest BCUT2D eigenvalue weighted by Gasteiger charge is -2.12. The smallest absolute Gasteiger partial charge is 0.224 e. The first-order valence-electron chi connectivity index (χ1n) is 7.90. The number of rotatable bonds is 8. The van der Waals surface area contributed by atoms with E-state index in [1.165, 1.54) is 0 Å². The number of carbonyl (C=O) groups excluding carboxylic acids is 1. The Balaban J connectivity index is 1.76. The minimum absolute atomic E-state index is 0.00845. The average Bonchev–Trinajstić information content (AvgIpc) is 2.59. The van der Waals surface area contributed by atoms with Gasteiger partial charge < -0.3 is 14.8 Å². The second-order valence-corrected chi connectivity index (χ2v) is 5.84. The molecule has 0 aliphatic carbocycles. The highest BCUT2D eigenvalue weighted by Crippen LogP contribution is 2.23. The molecule has 0 saturated carbocycles. The van der Waals surface area contributed by atoms with Crippen LogP contribution in [0.3, 0.4) is 0 Å². The lowest BCUT2D eigenvalue weighted by Crippen LogP contribution is -2.13. The van der Waals surface area contributed by atoms with Crippen LogP contribution in [0.25, 0.3) is 0 Å². The maximum atomic E-state index is 12.0. The number of halogens is 1. The normalized spacial score (nSPS) is 11.8. The minimum atomic E-state index is -0.0417. The van der Waals surface area contributed by atoms with Gasteiger partial charge in [-0.2, -0.15) is 0 Å². The summed E-state index contributed by atoms with van der Waals surface area (Å²) in [5, 5.41) is 3.47. The van der Waals surface area contributed by atoms with Gasteiger partial charge in [-0.1, -0.05) is 35.9 Å². The van der Waals surface area contributed by atoms with Gasteiger partial charge in [0.15, 0.2) is 0 Å². The zero-order valence-corrected chi connectivity index (χ0v) is 14.7. The topological polar surface area (TPSA) is 47.6 Å². The fourth-order valence-corrected chi connectivity index (χ4v) is 2.40. The van der Waals surface area contributed by atoms with E-state index in [-0.39, 0.29) is 12.0 Å². The molecule has 2 rings (SSSR count). The molecular formula is C19H22ClNO3. The first kappa shape index (κ1) is 18.3. The number of amides is 1. The van der Waals surface area contributed by atoms with Gasteiger partial charge in [0.1, 0.15) is 5.75 Å². The zero-order chi connectivity index (χ0) is 17.4. The number of methoxy groups -OCH3 is 1. The van der Waals surface area contributed by atoms with E-state index in [2.05, 4.69) is 5.32 Å². The SMILES string of the molecule is COC(C)c1cccc(NC(=O)CCCOc2ccccc2Cl)c1. The van der Waals surface area contributed by atoms with Crippen LogP contribution >= 0.6 is 11.6 Å². The molecule has 2 aromatic carbocycles. The summed E-state index contributed by atoms with van der Waals surface area (Å²) < 4.78 is 10.9. The van der Waals surface area contributed by atoms with Crippen molar-refractivity contribution in [3.8, 4) is 5.75 Å². The van der Waals surface area contributed by atoms with Crippen molar-refractivity contribution in [1.29, 1.82) is 0 Å². The monoisotopic (exact) mass is 347 g/mol. The van der Waals surface area contributed by atoms with Gasteiger partial charge in [-0.25, -0.2) is 0 Å². The molecule has 1 atom stereocenters. The Morgan fingerprint density at radius 3 is 2.75 bits per heavy atom. The number of ether oxygens (including phenoxy) is 2. The summed E-state index contributed by atoms with van der Waals surface area (Å²) in [6.07, 6.45) is 0.991. The van der Waals surface area contributed by atoms with Crippen molar-refractivity contribution in [3.63, 3.8) is 0 Å². The van der Waals surface area contributed by atoms with Crippen molar-refractivity contribution in [2.75, 3.05) is 19.0 Å². The van der Waals surface area contributed by atoms with Crippen LogP contribution < -0.4 is 10.1 Å². The molecule has 0 aliphatic heterocycles. The molecular weight excluding hydrogens is 326 g/mol. The van der Waals surface area contributed by atoms with E-state index in [0.29, 0.717) is 30.2 Å². The Hall–Kier alpha value is -2.04. The van der Waals surface area contributed by atoms with Crippen LogP contribution in [-0.2, 0) is 9.53 Å². The number of para-hydroxylation sites is 1. The van der Waals surface area contributed by atoms with E-state index in [1.54, 1.807) is 13.2 Å². The van der Waals surface area contributed by atoms with Crippen molar-refractivity contribution >= 4 is 23.2 Å². The van der Waals surface area contributed by atoms with Gasteiger partial charge in [0.05, 0.1) is 17.7 Å². The molecule has 0 heterocycles. The Morgan fingerprint density at radius 1 is 1.21 bits per heavy atom. The fourth-order valence-electron chi connectivity index (χ4n) is 2.21. The quantitative estimate of drug-likeness (QED) is 0.695. The molecule has 0 aliphatic rings. The van der Waals surface area contributed by atoms with Crippen LogP contribution in [0.4, 0.5) is 5.69 Å². The van der Waals surface area contributed by atoms with Crippen molar-refractivity contribution in [3.05, 3.63) is 59.1 Å². The predicted molar refractivity (Wildman–Crippen MR) is 96.7 cm³/mol. The van der Waals surface area contributed by atoms with Crippen molar-refractivity contribution in [2.24, 2.45) is 0 Å². The number of hydrogen-bond donors (Lipinski definition) is 1. The van der Waals surface area contributed by atoms with E-state index in [0.717, 1.165) is 11.3 Å². The summed E-state index contributed by atoms with van der Waals surface area (Å²) in [4.78, 5) is 12.0. The molecule has 0 saturated heterocycles. The van der Waals surface area contributed by atoms with Crippen LogP contribution in [0.5, 0.6) is 5.75 Å². The molecule has 0 bridgehead atoms. The Morgan fingerprint density at radius 2 is 2.00 bits per heavy atom. The highest BCUT2D eigenvalue weighted by molar-refractivity contribution is 6.32. The zero-order valence-electron chi connectivity index (χ0n) is 13.9. The Bertz CT molecular complexity index is 675. The maximum absolute atomic E-state index is 12.0. The fraction of sp³-hybridized carbons (Fsp3) is 0.316. The van der Waals surface area contributed by atoms with E-state index in [9.17, 15) is 4.79 Å². The van der Waals surface area contributed by atoms with Crippen LogP contribution in [0.2, 0.25) is 5.02 Å². The van der Waals surface area contributed by atoms with E-state index < -0.39 is 0 Å². The standard InChI is InChI=1S/C19H22ClNO3/c1-14(23-2)15-7-5-8-16(13-15)21-19(22)11-6-12-24-18-10-4-3-9-17(18)20/h3-5,7-10,13-14H,6,11-12H2,1-2H3,(H,21,22). The third-order valence-corrected chi connectivity index (χ3v) is 3.95. The molecule has 24 heavy (non-hydrogen) atoms. The molecule has 0 fully saturated rings. The van der Waals surface area contributed by atoms with Crippen LogP contribution in [0.15, 0.2) is 48.5 Å². The molecule has 0 spiro atoms. The summed E-state index contributed by atoms with van der Waals surface area (Å²) in [6.45, 7) is 2.41. The summed E-state index contributed by atoms with van der Waals surface area (Å²) in [5.41, 5.74) is 1.80. The molecule has 0 aromatic heterocycles. The molecule has 5 heteroatoms. The number of benzene rings is 2. The molecule has 2 aromatic rings. The van der Waals surface area contributed by atoms with Crippen molar-refractivity contribution < 1.29 is 14.3 Å². The van der Waals surface area contributed by atoms with Crippen molar-refractivity contribution in [1.82, 2.24) is 0 Å². The lowest BCUT2D eigenvalue weighted by atomic mass is 10.1. The third-order valence-electron chi connectivity index (χ3n) is 3.64. The highest BCUT2D eigenvalue weighted by atomic mass is 35.5. The number of carbonyl (C=O) groups is 1. The Labute approximate surface area is 147 Å². The summed E-state index contributed by atoms with van der Waals surface area (Å²) in [7, 11) is 1.66. The lowest BCUT2D eigenvalue weighted by molar-refractivity contribution is -0.116. The highest BCUT2D eigenvalue weighted by Gasteiger charge is 2.07. The molecule has 1 unspecified atom stereocenters. The van der Waals surface area contributed by atoms with Gasteiger partial charge in [0.2, 0.25) is 5.91 Å². The molecule has 4 nitrogen and oxygen atoms in total. The van der Waals surface area contributed by atoms with E-state index in [1.807, 2.05) is 49.4 Å². The maximum Gasteiger partial charge on any atom is 0.224 e. The second-order valence-electron chi connectivity index (χ2n) is 5.43.